The third kappa shape index (κ3) is 5.19. The molecule has 3 aliphatic heterocycles. The van der Waals surface area contributed by atoms with Gasteiger partial charge >= 0.3 is 6.09 Å². The van der Waals surface area contributed by atoms with Gasteiger partial charge in [-0.25, -0.2) is 9.78 Å². The first-order valence-corrected chi connectivity index (χ1v) is 14.6. The fraction of sp³-hybridized carbons (Fsp3) is 0.562. The summed E-state index contributed by atoms with van der Waals surface area (Å²) >= 11 is 0. The Hall–Kier alpha value is -2.90. The van der Waals surface area contributed by atoms with Gasteiger partial charge in [-0.2, -0.15) is 0 Å². The van der Waals surface area contributed by atoms with Crippen LogP contribution in [0.3, 0.4) is 0 Å². The van der Waals surface area contributed by atoms with E-state index >= 15 is 0 Å². The van der Waals surface area contributed by atoms with Crippen molar-refractivity contribution in [3.63, 3.8) is 0 Å². The molecule has 0 N–H and O–H groups in total. The number of aryl methyl sites for hydroxylation is 1. The first kappa shape index (κ1) is 26.3. The smallest absolute Gasteiger partial charge is 0.410 e. The number of hydrogen-bond donors (Lipinski definition) is 0. The number of ether oxygens (including phenoxy) is 2. The molecule has 7 heteroatoms. The van der Waals surface area contributed by atoms with Crippen molar-refractivity contribution in [2.24, 2.45) is 0 Å². The quantitative estimate of drug-likeness (QED) is 0.401. The summed E-state index contributed by atoms with van der Waals surface area (Å²) in [4.78, 5) is 22.5. The van der Waals surface area contributed by atoms with E-state index in [1.807, 2.05) is 31.7 Å². The summed E-state index contributed by atoms with van der Waals surface area (Å²) in [6, 6.07) is 20.6. The van der Waals surface area contributed by atoms with Crippen molar-refractivity contribution in [1.82, 2.24) is 19.4 Å². The molecule has 0 saturated carbocycles. The Kier molecular flexibility index (Phi) is 6.92. The van der Waals surface area contributed by atoms with Crippen molar-refractivity contribution in [2.45, 2.75) is 89.1 Å². The fourth-order valence-electron chi connectivity index (χ4n) is 7.24. The minimum Gasteiger partial charge on any atom is -0.444 e. The lowest BCUT2D eigenvalue weighted by Gasteiger charge is -2.46. The molecule has 39 heavy (non-hydrogen) atoms. The molecule has 2 bridgehead atoms. The number of carbonyl (C=O) groups excluding carboxylic acids is 1. The van der Waals surface area contributed by atoms with Gasteiger partial charge in [-0.15, -0.1) is 0 Å². The molecule has 3 aromatic rings. The van der Waals surface area contributed by atoms with Gasteiger partial charge in [-0.3, -0.25) is 4.90 Å². The first-order chi connectivity index (χ1) is 18.7. The summed E-state index contributed by atoms with van der Waals surface area (Å²) in [5.41, 5.74) is 2.44. The molecule has 7 nitrogen and oxygen atoms in total. The largest absolute Gasteiger partial charge is 0.444 e. The molecule has 3 atom stereocenters. The summed E-state index contributed by atoms with van der Waals surface area (Å²) in [5.74, 6) is 1.12. The number of fused-ring (bicyclic) bond motifs is 3. The highest BCUT2D eigenvalue weighted by Crippen LogP contribution is 2.44. The second-order valence-corrected chi connectivity index (χ2v) is 12.6. The molecule has 0 radical (unpaired) electrons. The molecular weight excluding hydrogens is 488 g/mol. The van der Waals surface area contributed by atoms with E-state index in [0.29, 0.717) is 37.8 Å². The molecule has 0 spiro atoms. The number of rotatable bonds is 5. The zero-order valence-corrected chi connectivity index (χ0v) is 23.8. The number of benzene rings is 2. The lowest BCUT2D eigenvalue weighted by molar-refractivity contribution is -0.123. The topological polar surface area (TPSA) is 59.8 Å². The van der Waals surface area contributed by atoms with Crippen LogP contribution < -0.4 is 0 Å². The first-order valence-electron chi connectivity index (χ1n) is 14.6. The molecule has 1 aromatic heterocycles. The van der Waals surface area contributed by atoms with Crippen molar-refractivity contribution >= 4 is 17.1 Å². The van der Waals surface area contributed by atoms with Gasteiger partial charge in [-0.1, -0.05) is 42.5 Å². The van der Waals surface area contributed by atoms with E-state index in [2.05, 4.69) is 64.9 Å². The minimum atomic E-state index is -0.538. The second kappa shape index (κ2) is 10.3. The molecule has 3 saturated heterocycles. The highest BCUT2D eigenvalue weighted by Gasteiger charge is 2.45. The number of imidazole rings is 1. The highest BCUT2D eigenvalue weighted by atomic mass is 16.6. The number of morpholine rings is 1. The second-order valence-electron chi connectivity index (χ2n) is 12.6. The Morgan fingerprint density at radius 3 is 2.44 bits per heavy atom. The highest BCUT2D eigenvalue weighted by molar-refractivity contribution is 5.76. The van der Waals surface area contributed by atoms with Gasteiger partial charge in [0.1, 0.15) is 17.0 Å². The number of carbonyl (C=O) groups is 1. The van der Waals surface area contributed by atoms with E-state index in [9.17, 15) is 4.79 Å². The molecule has 3 unspecified atom stereocenters. The maximum absolute atomic E-state index is 13.1. The molecular formula is C32H42N4O3. The number of aromatic nitrogens is 2. The van der Waals surface area contributed by atoms with Crippen LogP contribution in [0.1, 0.15) is 70.3 Å². The van der Waals surface area contributed by atoms with Crippen LogP contribution in [0.15, 0.2) is 54.6 Å². The van der Waals surface area contributed by atoms with Gasteiger partial charge < -0.3 is 18.9 Å². The molecule has 2 aromatic carbocycles. The van der Waals surface area contributed by atoms with Crippen LogP contribution in [0.5, 0.6) is 0 Å². The Morgan fingerprint density at radius 2 is 1.72 bits per heavy atom. The van der Waals surface area contributed by atoms with Gasteiger partial charge in [0.05, 0.1) is 24.2 Å². The van der Waals surface area contributed by atoms with E-state index in [0.717, 1.165) is 42.7 Å². The van der Waals surface area contributed by atoms with Crippen molar-refractivity contribution in [2.75, 3.05) is 26.2 Å². The molecule has 0 aliphatic carbocycles. The Bertz CT molecular complexity index is 1300. The van der Waals surface area contributed by atoms with Crippen LogP contribution in [0.4, 0.5) is 4.79 Å². The number of nitrogens with zero attached hydrogens (tertiary/aromatic N) is 4. The average Bonchev–Trinajstić information content (AvgIpc) is 3.37. The van der Waals surface area contributed by atoms with Gasteiger partial charge in [0, 0.05) is 31.2 Å². The van der Waals surface area contributed by atoms with Crippen LogP contribution in [0.25, 0.3) is 11.0 Å². The van der Waals surface area contributed by atoms with Crippen molar-refractivity contribution < 1.29 is 14.3 Å². The van der Waals surface area contributed by atoms with Crippen LogP contribution in [0, 0.1) is 6.92 Å². The normalized spacial score (nSPS) is 27.7. The third-order valence-electron chi connectivity index (χ3n) is 8.91. The Balaban J connectivity index is 1.20. The maximum atomic E-state index is 13.1. The maximum Gasteiger partial charge on any atom is 0.410 e. The summed E-state index contributed by atoms with van der Waals surface area (Å²) in [6.07, 6.45) is 5.39. The fourth-order valence-corrected chi connectivity index (χ4v) is 7.24. The van der Waals surface area contributed by atoms with Crippen LogP contribution in [0.2, 0.25) is 0 Å². The SMILES string of the molecule is Cc1nc2ccccc2n1C1CC2CCC(C1)N2CCC1(c2ccccc2)CN(C(=O)OC(C)(C)C)CCO1. The van der Waals surface area contributed by atoms with Crippen molar-refractivity contribution in [1.29, 1.82) is 0 Å². The minimum absolute atomic E-state index is 0.255. The van der Waals surface area contributed by atoms with E-state index in [-0.39, 0.29) is 6.09 Å². The summed E-state index contributed by atoms with van der Waals surface area (Å²) in [6.45, 7) is 10.4. The zero-order chi connectivity index (χ0) is 27.2. The van der Waals surface area contributed by atoms with E-state index in [1.54, 1.807) is 0 Å². The predicted octanol–water partition coefficient (Wildman–Crippen LogP) is 6.07. The van der Waals surface area contributed by atoms with Gasteiger partial charge in [0.15, 0.2) is 0 Å². The van der Waals surface area contributed by atoms with Crippen LogP contribution >= 0.6 is 0 Å². The molecule has 1 amide bonds. The van der Waals surface area contributed by atoms with Gasteiger partial charge in [0.2, 0.25) is 0 Å². The molecule has 3 fully saturated rings. The number of hydrogen-bond acceptors (Lipinski definition) is 5. The standard InChI is InChI=1S/C32H42N4O3/c1-23-33-28-12-8-9-13-29(28)36(23)27-20-25-14-15-26(21-27)35(25)17-16-32(24-10-6-5-7-11-24)22-34(18-19-38-32)30(37)39-31(2,3)4/h5-13,25-27H,14-22H2,1-4H3. The summed E-state index contributed by atoms with van der Waals surface area (Å²) in [5, 5.41) is 0. The lowest BCUT2D eigenvalue weighted by Crippen LogP contribution is -2.54. The van der Waals surface area contributed by atoms with Crippen LogP contribution in [-0.2, 0) is 15.1 Å². The molecule has 3 aliphatic rings. The van der Waals surface area contributed by atoms with Crippen LogP contribution in [-0.4, -0.2) is 69.4 Å². The van der Waals surface area contributed by atoms with Crippen molar-refractivity contribution in [3.8, 4) is 0 Å². The predicted molar refractivity (Wildman–Crippen MR) is 153 cm³/mol. The number of piperidine rings is 1. The Morgan fingerprint density at radius 1 is 1.03 bits per heavy atom. The molecule has 6 rings (SSSR count). The van der Waals surface area contributed by atoms with E-state index in [4.69, 9.17) is 14.5 Å². The molecule has 208 valence electrons. The van der Waals surface area contributed by atoms with E-state index < -0.39 is 11.2 Å². The summed E-state index contributed by atoms with van der Waals surface area (Å²) in [7, 11) is 0. The lowest BCUT2D eigenvalue weighted by atomic mass is 9.87. The monoisotopic (exact) mass is 530 g/mol. The third-order valence-corrected chi connectivity index (χ3v) is 8.91. The summed E-state index contributed by atoms with van der Waals surface area (Å²) < 4.78 is 14.8. The number of para-hydroxylation sites is 2. The van der Waals surface area contributed by atoms with Crippen molar-refractivity contribution in [3.05, 3.63) is 66.0 Å². The number of amides is 1. The van der Waals surface area contributed by atoms with Gasteiger partial charge in [0.25, 0.3) is 0 Å². The average molecular weight is 531 g/mol. The van der Waals surface area contributed by atoms with E-state index in [1.165, 1.54) is 18.4 Å². The zero-order valence-electron chi connectivity index (χ0n) is 23.8. The molecule has 4 heterocycles. The van der Waals surface area contributed by atoms with Gasteiger partial charge in [-0.05, 0) is 77.5 Å². The Labute approximate surface area is 232 Å².